The molecule has 3 N–H and O–H groups in total. The molecule has 1 aromatic heterocycles. The minimum Gasteiger partial charge on any atom is -0.384 e. The molecule has 0 spiro atoms. The molecule has 0 aliphatic heterocycles. The van der Waals surface area contributed by atoms with Crippen molar-refractivity contribution in [1.29, 1.82) is 0 Å². The van der Waals surface area contributed by atoms with E-state index in [-0.39, 0.29) is 0 Å². The fourth-order valence-corrected chi connectivity index (χ4v) is 1.29. The molecule has 1 aromatic rings. The Morgan fingerprint density at radius 3 is 2.67 bits per heavy atom. The van der Waals surface area contributed by atoms with Crippen LogP contribution in [0.5, 0.6) is 0 Å². The van der Waals surface area contributed by atoms with Crippen LogP contribution in [0.3, 0.4) is 0 Å². The third-order valence-corrected chi connectivity index (χ3v) is 2.29. The lowest BCUT2D eigenvalue weighted by Gasteiger charge is -2.22. The smallest absolute Gasteiger partial charge is 0.123 e. The van der Waals surface area contributed by atoms with E-state index in [2.05, 4.69) is 24.1 Å². The number of nitrogens with zero attached hydrogens (tertiary/aromatic N) is 1. The minimum atomic E-state index is 0.292. The first-order valence-electron chi connectivity index (χ1n) is 5.10. The summed E-state index contributed by atoms with van der Waals surface area (Å²) in [4.78, 5) is 4.03. The van der Waals surface area contributed by atoms with Crippen LogP contribution in [0.4, 0.5) is 11.5 Å². The topological polar surface area (TPSA) is 60.2 Å². The fourth-order valence-electron chi connectivity index (χ4n) is 1.29. The second-order valence-corrected chi connectivity index (χ2v) is 3.92. The zero-order valence-electron chi connectivity index (χ0n) is 9.53. The summed E-state index contributed by atoms with van der Waals surface area (Å²) in [7, 11) is 1.71. The summed E-state index contributed by atoms with van der Waals surface area (Å²) >= 11 is 0. The number of aromatic nitrogens is 1. The van der Waals surface area contributed by atoms with Gasteiger partial charge in [0, 0.05) is 7.11 Å². The molecule has 1 rings (SSSR count). The van der Waals surface area contributed by atoms with Gasteiger partial charge >= 0.3 is 0 Å². The maximum atomic E-state index is 5.51. The number of ether oxygens (including phenoxy) is 1. The summed E-state index contributed by atoms with van der Waals surface area (Å²) in [6, 6.07) is 4.00. The predicted octanol–water partition coefficient (Wildman–Crippen LogP) is 1.75. The highest BCUT2D eigenvalue weighted by atomic mass is 16.5. The molecule has 0 fully saturated rings. The van der Waals surface area contributed by atoms with E-state index in [0.717, 1.165) is 5.69 Å². The van der Waals surface area contributed by atoms with Gasteiger partial charge in [-0.3, -0.25) is 0 Å². The summed E-state index contributed by atoms with van der Waals surface area (Å²) in [6.07, 6.45) is 1.74. The monoisotopic (exact) mass is 209 g/mol. The van der Waals surface area contributed by atoms with E-state index in [1.807, 2.05) is 6.07 Å². The molecule has 84 valence electrons. The maximum absolute atomic E-state index is 5.51. The molecule has 0 saturated heterocycles. The molecule has 4 nitrogen and oxygen atoms in total. The molecule has 1 heterocycles. The summed E-state index contributed by atoms with van der Waals surface area (Å²) in [5.74, 6) is 1.04. The van der Waals surface area contributed by atoms with Crippen molar-refractivity contribution < 1.29 is 4.74 Å². The molecule has 0 saturated carbocycles. The minimum absolute atomic E-state index is 0.292. The van der Waals surface area contributed by atoms with Gasteiger partial charge in [0.2, 0.25) is 0 Å². The van der Waals surface area contributed by atoms with Gasteiger partial charge in [0.1, 0.15) is 5.82 Å². The molecule has 0 aliphatic carbocycles. The van der Waals surface area contributed by atoms with Crippen molar-refractivity contribution in [3.05, 3.63) is 18.3 Å². The van der Waals surface area contributed by atoms with Crippen LogP contribution in [0.2, 0.25) is 0 Å². The van der Waals surface area contributed by atoms with Crippen molar-refractivity contribution in [3.63, 3.8) is 0 Å². The lowest BCUT2D eigenvalue weighted by atomic mass is 10.1. The number of pyridine rings is 1. The average molecular weight is 209 g/mol. The van der Waals surface area contributed by atoms with Gasteiger partial charge in [0.25, 0.3) is 0 Å². The van der Waals surface area contributed by atoms with Crippen LogP contribution in [0, 0.1) is 5.92 Å². The second kappa shape index (κ2) is 5.56. The normalized spacial score (nSPS) is 12.8. The van der Waals surface area contributed by atoms with Crippen LogP contribution in [-0.2, 0) is 4.74 Å². The molecular formula is C11H19N3O. The molecule has 0 amide bonds. The van der Waals surface area contributed by atoms with Gasteiger partial charge in [-0.1, -0.05) is 13.8 Å². The highest BCUT2D eigenvalue weighted by Crippen LogP contribution is 2.12. The Balaban J connectivity index is 2.61. The first kappa shape index (κ1) is 11.8. The summed E-state index contributed by atoms with van der Waals surface area (Å²) in [6.45, 7) is 4.99. The average Bonchev–Trinajstić information content (AvgIpc) is 2.20. The SMILES string of the molecule is COCC(Nc1ccc(N)nc1)C(C)C. The number of methoxy groups -OCH3 is 1. The van der Waals surface area contributed by atoms with E-state index in [0.29, 0.717) is 24.4 Å². The Kier molecular flexibility index (Phi) is 4.37. The third kappa shape index (κ3) is 3.75. The number of nitrogens with one attached hydrogen (secondary N) is 1. The Morgan fingerprint density at radius 2 is 2.20 bits per heavy atom. The van der Waals surface area contributed by atoms with Crippen LogP contribution in [0.1, 0.15) is 13.8 Å². The molecule has 0 aliphatic rings. The van der Waals surface area contributed by atoms with E-state index < -0.39 is 0 Å². The van der Waals surface area contributed by atoms with E-state index in [9.17, 15) is 0 Å². The highest BCUT2D eigenvalue weighted by Gasteiger charge is 2.12. The fraction of sp³-hybridized carbons (Fsp3) is 0.545. The second-order valence-electron chi connectivity index (χ2n) is 3.92. The van der Waals surface area contributed by atoms with Crippen molar-refractivity contribution in [2.24, 2.45) is 5.92 Å². The molecule has 15 heavy (non-hydrogen) atoms. The van der Waals surface area contributed by atoms with Crippen LogP contribution in [0.15, 0.2) is 18.3 Å². The third-order valence-electron chi connectivity index (χ3n) is 2.29. The Hall–Kier alpha value is -1.29. The van der Waals surface area contributed by atoms with E-state index >= 15 is 0 Å². The number of anilines is 2. The largest absolute Gasteiger partial charge is 0.384 e. The zero-order valence-corrected chi connectivity index (χ0v) is 9.53. The van der Waals surface area contributed by atoms with Gasteiger partial charge in [-0.05, 0) is 18.1 Å². The molecule has 1 unspecified atom stereocenters. The molecule has 0 radical (unpaired) electrons. The maximum Gasteiger partial charge on any atom is 0.123 e. The lowest BCUT2D eigenvalue weighted by Crippen LogP contribution is -2.30. The Morgan fingerprint density at radius 1 is 1.47 bits per heavy atom. The van der Waals surface area contributed by atoms with Gasteiger partial charge in [-0.15, -0.1) is 0 Å². The Labute approximate surface area is 90.8 Å². The molecule has 4 heteroatoms. The molecule has 0 aromatic carbocycles. The van der Waals surface area contributed by atoms with E-state index in [1.54, 1.807) is 19.4 Å². The molecule has 1 atom stereocenters. The van der Waals surface area contributed by atoms with Crippen molar-refractivity contribution >= 4 is 11.5 Å². The van der Waals surface area contributed by atoms with Gasteiger partial charge in [0.05, 0.1) is 24.5 Å². The van der Waals surface area contributed by atoms with Gasteiger partial charge in [0.15, 0.2) is 0 Å². The van der Waals surface area contributed by atoms with Gasteiger partial charge in [-0.2, -0.15) is 0 Å². The zero-order chi connectivity index (χ0) is 11.3. The first-order chi connectivity index (χ1) is 7.13. The van der Waals surface area contributed by atoms with Crippen LogP contribution < -0.4 is 11.1 Å². The van der Waals surface area contributed by atoms with Crippen molar-refractivity contribution in [3.8, 4) is 0 Å². The standard InChI is InChI=1S/C11H19N3O/c1-8(2)10(7-15-3)14-9-4-5-11(12)13-6-9/h4-6,8,10,14H,7H2,1-3H3,(H2,12,13). The number of nitrogens with two attached hydrogens (primary N) is 1. The number of hydrogen-bond acceptors (Lipinski definition) is 4. The lowest BCUT2D eigenvalue weighted by molar-refractivity contribution is 0.171. The Bertz CT molecular complexity index is 284. The van der Waals surface area contributed by atoms with Crippen LogP contribution >= 0.6 is 0 Å². The number of rotatable bonds is 5. The van der Waals surface area contributed by atoms with E-state index in [1.165, 1.54) is 0 Å². The first-order valence-corrected chi connectivity index (χ1v) is 5.10. The quantitative estimate of drug-likeness (QED) is 0.775. The van der Waals surface area contributed by atoms with Crippen molar-refractivity contribution in [2.75, 3.05) is 24.8 Å². The summed E-state index contributed by atoms with van der Waals surface area (Å²) in [5, 5.41) is 3.36. The van der Waals surface area contributed by atoms with Crippen LogP contribution in [0.25, 0.3) is 0 Å². The van der Waals surface area contributed by atoms with Crippen molar-refractivity contribution in [2.45, 2.75) is 19.9 Å². The molecule has 0 bridgehead atoms. The van der Waals surface area contributed by atoms with Crippen molar-refractivity contribution in [1.82, 2.24) is 4.98 Å². The van der Waals surface area contributed by atoms with Gasteiger partial charge in [-0.25, -0.2) is 4.98 Å². The van der Waals surface area contributed by atoms with Crippen LogP contribution in [-0.4, -0.2) is 24.7 Å². The number of nitrogen functional groups attached to an aromatic ring is 1. The summed E-state index contributed by atoms with van der Waals surface area (Å²) < 4.78 is 5.15. The molecular weight excluding hydrogens is 190 g/mol. The van der Waals surface area contributed by atoms with E-state index in [4.69, 9.17) is 10.5 Å². The summed E-state index contributed by atoms with van der Waals surface area (Å²) in [5.41, 5.74) is 6.48. The predicted molar refractivity (Wildman–Crippen MR) is 62.8 cm³/mol. The number of hydrogen-bond donors (Lipinski definition) is 2. The highest BCUT2D eigenvalue weighted by molar-refractivity contribution is 5.46. The van der Waals surface area contributed by atoms with Gasteiger partial charge < -0.3 is 15.8 Å².